The summed E-state index contributed by atoms with van der Waals surface area (Å²) in [4.78, 5) is 0. The number of hydrogen-bond donors (Lipinski definition) is 0. The van der Waals surface area contributed by atoms with Crippen molar-refractivity contribution in [1.29, 1.82) is 0 Å². The second-order valence-corrected chi connectivity index (χ2v) is 2.94. The van der Waals surface area contributed by atoms with Crippen LogP contribution in [0.5, 0.6) is 0 Å². The standard InChI is InChI=1S/C11H16.2C2H6/c1-2-3-5-8-11-9-6-4-7-10-11;2*1-2/h4,6-7,9-10H,2-3,5,8H2,1H3;2*1-2H3. The van der Waals surface area contributed by atoms with E-state index in [1.807, 2.05) is 27.7 Å². The van der Waals surface area contributed by atoms with Gasteiger partial charge in [0.25, 0.3) is 0 Å². The Morgan fingerprint density at radius 2 is 1.33 bits per heavy atom. The molecular formula is C15H28. The van der Waals surface area contributed by atoms with Gasteiger partial charge in [0.2, 0.25) is 0 Å². The van der Waals surface area contributed by atoms with Crippen LogP contribution in [0, 0.1) is 0 Å². The summed E-state index contributed by atoms with van der Waals surface area (Å²) in [5.74, 6) is 0. The number of unbranched alkanes of at least 4 members (excludes halogenated alkanes) is 2. The van der Waals surface area contributed by atoms with Crippen molar-refractivity contribution in [2.75, 3.05) is 0 Å². The summed E-state index contributed by atoms with van der Waals surface area (Å²) < 4.78 is 0. The van der Waals surface area contributed by atoms with Crippen LogP contribution in [-0.2, 0) is 6.42 Å². The fourth-order valence-electron chi connectivity index (χ4n) is 1.22. The maximum absolute atomic E-state index is 2.24. The first-order valence-electron chi connectivity index (χ1n) is 6.47. The Balaban J connectivity index is 0. The Kier molecular flexibility index (Phi) is 17.4. The molecule has 88 valence electrons. The van der Waals surface area contributed by atoms with Crippen molar-refractivity contribution < 1.29 is 0 Å². The summed E-state index contributed by atoms with van der Waals surface area (Å²) >= 11 is 0. The van der Waals surface area contributed by atoms with E-state index in [0.29, 0.717) is 0 Å². The van der Waals surface area contributed by atoms with Crippen LogP contribution in [0.25, 0.3) is 0 Å². The largest absolute Gasteiger partial charge is 0.0683 e. The number of hydrogen-bond acceptors (Lipinski definition) is 0. The molecule has 0 fully saturated rings. The summed E-state index contributed by atoms with van der Waals surface area (Å²) in [6.45, 7) is 10.2. The second kappa shape index (κ2) is 15.7. The van der Waals surface area contributed by atoms with Crippen LogP contribution in [-0.4, -0.2) is 0 Å². The van der Waals surface area contributed by atoms with Gasteiger partial charge in [0.1, 0.15) is 0 Å². The minimum absolute atomic E-state index is 1.24. The highest BCUT2D eigenvalue weighted by molar-refractivity contribution is 5.14. The van der Waals surface area contributed by atoms with Crippen LogP contribution < -0.4 is 0 Å². The summed E-state index contributed by atoms with van der Waals surface area (Å²) in [5.41, 5.74) is 1.47. The number of benzene rings is 1. The van der Waals surface area contributed by atoms with Crippen molar-refractivity contribution in [3.8, 4) is 0 Å². The first kappa shape index (κ1) is 16.6. The van der Waals surface area contributed by atoms with E-state index in [1.54, 1.807) is 0 Å². The molecule has 0 nitrogen and oxygen atoms in total. The lowest BCUT2D eigenvalue weighted by Crippen LogP contribution is -1.83. The first-order valence-corrected chi connectivity index (χ1v) is 6.47. The normalized spacial score (nSPS) is 8.07. The molecule has 0 saturated heterocycles. The molecule has 0 atom stereocenters. The van der Waals surface area contributed by atoms with Crippen molar-refractivity contribution in [3.63, 3.8) is 0 Å². The molecule has 1 rings (SSSR count). The predicted octanol–water partition coefficient (Wildman–Crippen LogP) is 5.47. The van der Waals surface area contributed by atoms with Gasteiger partial charge >= 0.3 is 0 Å². The monoisotopic (exact) mass is 208 g/mol. The highest BCUT2D eigenvalue weighted by Gasteiger charge is 1.89. The van der Waals surface area contributed by atoms with Crippen LogP contribution >= 0.6 is 0 Å². The highest BCUT2D eigenvalue weighted by Crippen LogP contribution is 2.05. The topological polar surface area (TPSA) is 0 Å². The summed E-state index contributed by atoms with van der Waals surface area (Å²) in [6, 6.07) is 10.7. The van der Waals surface area contributed by atoms with E-state index in [0.717, 1.165) is 0 Å². The van der Waals surface area contributed by atoms with Crippen LogP contribution in [0.3, 0.4) is 0 Å². The molecule has 0 aliphatic heterocycles. The molecular weight excluding hydrogens is 180 g/mol. The molecule has 0 aliphatic carbocycles. The van der Waals surface area contributed by atoms with Crippen LogP contribution in [0.4, 0.5) is 0 Å². The average Bonchev–Trinajstić information content (AvgIpc) is 2.36. The lowest BCUT2D eigenvalue weighted by Gasteiger charge is -1.98. The van der Waals surface area contributed by atoms with Gasteiger partial charge in [-0.2, -0.15) is 0 Å². The van der Waals surface area contributed by atoms with Gasteiger partial charge in [-0.15, -0.1) is 0 Å². The smallest absolute Gasteiger partial charge is 0.0279 e. The van der Waals surface area contributed by atoms with Gasteiger partial charge in [-0.05, 0) is 18.4 Å². The lowest BCUT2D eigenvalue weighted by atomic mass is 10.1. The third-order valence-corrected chi connectivity index (χ3v) is 1.91. The molecule has 0 aliphatic rings. The Morgan fingerprint density at radius 3 is 1.80 bits per heavy atom. The van der Waals surface area contributed by atoms with Crippen molar-refractivity contribution >= 4 is 0 Å². The number of aryl methyl sites for hydroxylation is 1. The lowest BCUT2D eigenvalue weighted by molar-refractivity contribution is 0.717. The predicted molar refractivity (Wildman–Crippen MR) is 72.4 cm³/mol. The van der Waals surface area contributed by atoms with E-state index in [9.17, 15) is 0 Å². The molecule has 0 saturated carbocycles. The van der Waals surface area contributed by atoms with Gasteiger partial charge in [0.15, 0.2) is 0 Å². The van der Waals surface area contributed by atoms with Crippen LogP contribution in [0.15, 0.2) is 30.3 Å². The Hall–Kier alpha value is -0.780. The number of rotatable bonds is 4. The molecule has 0 heterocycles. The molecule has 0 aromatic heterocycles. The van der Waals surface area contributed by atoms with E-state index in [2.05, 4.69) is 37.3 Å². The fourth-order valence-corrected chi connectivity index (χ4v) is 1.22. The maximum atomic E-state index is 2.24. The molecule has 0 spiro atoms. The summed E-state index contributed by atoms with van der Waals surface area (Å²) in [5, 5.41) is 0. The zero-order chi connectivity index (χ0) is 11.9. The van der Waals surface area contributed by atoms with Gasteiger partial charge < -0.3 is 0 Å². The molecule has 0 amide bonds. The van der Waals surface area contributed by atoms with Gasteiger partial charge in [0, 0.05) is 0 Å². The minimum Gasteiger partial charge on any atom is -0.0683 e. The van der Waals surface area contributed by atoms with Crippen molar-refractivity contribution in [1.82, 2.24) is 0 Å². The van der Waals surface area contributed by atoms with E-state index >= 15 is 0 Å². The molecule has 0 N–H and O–H groups in total. The molecule has 0 unspecified atom stereocenters. The van der Waals surface area contributed by atoms with E-state index in [1.165, 1.54) is 31.2 Å². The zero-order valence-electron chi connectivity index (χ0n) is 11.2. The Bertz CT molecular complexity index is 176. The molecule has 1 aromatic carbocycles. The molecule has 1 aromatic rings. The fraction of sp³-hybridized carbons (Fsp3) is 0.600. The molecule has 0 radical (unpaired) electrons. The third-order valence-electron chi connectivity index (χ3n) is 1.91. The minimum atomic E-state index is 1.24. The molecule has 15 heavy (non-hydrogen) atoms. The van der Waals surface area contributed by atoms with E-state index in [-0.39, 0.29) is 0 Å². The van der Waals surface area contributed by atoms with Crippen molar-refractivity contribution in [2.45, 2.75) is 60.3 Å². The molecule has 0 bridgehead atoms. The maximum Gasteiger partial charge on any atom is -0.0279 e. The first-order chi connectivity index (χ1) is 7.43. The van der Waals surface area contributed by atoms with Gasteiger partial charge in [0.05, 0.1) is 0 Å². The Morgan fingerprint density at radius 1 is 0.800 bits per heavy atom. The molecule has 0 heteroatoms. The quantitative estimate of drug-likeness (QED) is 0.575. The van der Waals surface area contributed by atoms with Crippen molar-refractivity contribution in [3.05, 3.63) is 35.9 Å². The van der Waals surface area contributed by atoms with E-state index in [4.69, 9.17) is 0 Å². The SMILES string of the molecule is CC.CC.CCCCCc1ccccc1. The summed E-state index contributed by atoms with van der Waals surface area (Å²) in [6.07, 6.45) is 5.25. The highest BCUT2D eigenvalue weighted by atomic mass is 13.9. The van der Waals surface area contributed by atoms with Crippen LogP contribution in [0.2, 0.25) is 0 Å². The van der Waals surface area contributed by atoms with Gasteiger partial charge in [-0.25, -0.2) is 0 Å². The van der Waals surface area contributed by atoms with Gasteiger partial charge in [-0.3, -0.25) is 0 Å². The Labute approximate surface area is 96.7 Å². The van der Waals surface area contributed by atoms with Crippen molar-refractivity contribution in [2.24, 2.45) is 0 Å². The van der Waals surface area contributed by atoms with E-state index < -0.39 is 0 Å². The average molecular weight is 208 g/mol. The third kappa shape index (κ3) is 11.1. The van der Waals surface area contributed by atoms with Gasteiger partial charge in [-0.1, -0.05) is 77.8 Å². The van der Waals surface area contributed by atoms with Crippen LogP contribution in [0.1, 0.15) is 59.4 Å². The summed E-state index contributed by atoms with van der Waals surface area (Å²) in [7, 11) is 0. The zero-order valence-corrected chi connectivity index (χ0v) is 11.2. The second-order valence-electron chi connectivity index (χ2n) is 2.94.